The number of fused-ring (bicyclic) bond motifs is 1. The number of sulfonamides is 1. The van der Waals surface area contributed by atoms with E-state index >= 15 is 0 Å². The zero-order chi connectivity index (χ0) is 15.0. The van der Waals surface area contributed by atoms with Gasteiger partial charge in [0.05, 0.1) is 4.90 Å². The van der Waals surface area contributed by atoms with Crippen molar-refractivity contribution in [3.8, 4) is 0 Å². The Hall–Kier alpha value is -1.55. The molecule has 2 aliphatic rings. The summed E-state index contributed by atoms with van der Waals surface area (Å²) in [6.45, 7) is 4.58. The topological polar surface area (TPSA) is 37.4 Å². The largest absolute Gasteiger partial charge is 0.273 e. The fraction of sp³-hybridized carbons (Fsp3) is 0.412. The van der Waals surface area contributed by atoms with E-state index in [-0.39, 0.29) is 0 Å². The van der Waals surface area contributed by atoms with Crippen molar-refractivity contribution in [3.05, 3.63) is 53.3 Å². The van der Waals surface area contributed by atoms with Crippen molar-refractivity contribution in [2.24, 2.45) is 5.92 Å². The molecule has 1 unspecified atom stereocenters. The molecule has 1 aromatic rings. The zero-order valence-electron chi connectivity index (χ0n) is 12.5. The molecule has 0 N–H and O–H groups in total. The van der Waals surface area contributed by atoms with Gasteiger partial charge >= 0.3 is 0 Å². The Kier molecular flexibility index (Phi) is 3.66. The third kappa shape index (κ3) is 2.53. The van der Waals surface area contributed by atoms with Gasteiger partial charge in [-0.05, 0) is 62.3 Å². The molecule has 0 radical (unpaired) electrons. The summed E-state index contributed by atoms with van der Waals surface area (Å²) in [5, 5.41) is 0. The highest BCUT2D eigenvalue weighted by molar-refractivity contribution is 7.89. The number of hydrogen-bond donors (Lipinski definition) is 0. The van der Waals surface area contributed by atoms with Gasteiger partial charge in [0.15, 0.2) is 0 Å². The van der Waals surface area contributed by atoms with Crippen LogP contribution in [-0.2, 0) is 10.0 Å². The van der Waals surface area contributed by atoms with Crippen LogP contribution in [0.2, 0.25) is 0 Å². The minimum absolute atomic E-state index is 0.378. The number of nitrogens with zero attached hydrogens (tertiary/aromatic N) is 1. The molecule has 1 fully saturated rings. The lowest BCUT2D eigenvalue weighted by atomic mass is 9.96. The van der Waals surface area contributed by atoms with E-state index in [1.807, 2.05) is 32.2 Å². The minimum Gasteiger partial charge on any atom is -0.273 e. The van der Waals surface area contributed by atoms with Crippen LogP contribution >= 0.6 is 0 Å². The van der Waals surface area contributed by atoms with Crippen molar-refractivity contribution >= 4 is 10.0 Å². The van der Waals surface area contributed by atoms with Crippen LogP contribution in [0.3, 0.4) is 0 Å². The van der Waals surface area contributed by atoms with Crippen molar-refractivity contribution in [1.82, 2.24) is 4.31 Å². The van der Waals surface area contributed by atoms with Crippen molar-refractivity contribution in [1.29, 1.82) is 0 Å². The van der Waals surface area contributed by atoms with Crippen LogP contribution in [0.5, 0.6) is 0 Å². The molecule has 1 aliphatic heterocycles. The first-order chi connectivity index (χ1) is 10.0. The Balaban J connectivity index is 1.97. The molecule has 3 rings (SSSR count). The number of rotatable bonds is 2. The number of hydrogen-bond acceptors (Lipinski definition) is 2. The molecule has 0 saturated heterocycles. The van der Waals surface area contributed by atoms with Gasteiger partial charge < -0.3 is 0 Å². The molecule has 0 spiro atoms. The van der Waals surface area contributed by atoms with Crippen LogP contribution in [0, 0.1) is 12.8 Å². The second-order valence-electron chi connectivity index (χ2n) is 5.85. The standard InChI is InChI=1S/C17H21NO2S/c1-3-14-6-7-15-10-11-18(12-17(14)15)21(19,20)16-8-4-13(2)5-9-16/h3-5,8-9,12,15H,6-7,10-11H2,1-2H3/b14-3-. The third-order valence-corrected chi connectivity index (χ3v) is 6.30. The molecule has 1 heterocycles. The zero-order valence-corrected chi connectivity index (χ0v) is 13.4. The average Bonchev–Trinajstić information content (AvgIpc) is 2.89. The maximum Gasteiger partial charge on any atom is 0.263 e. The molecule has 0 amide bonds. The van der Waals surface area contributed by atoms with Gasteiger partial charge in [0.25, 0.3) is 10.0 Å². The van der Waals surface area contributed by atoms with Crippen LogP contribution in [0.15, 0.2) is 52.6 Å². The molecule has 112 valence electrons. The molecule has 4 heteroatoms. The predicted molar refractivity (Wildman–Crippen MR) is 84.3 cm³/mol. The van der Waals surface area contributed by atoms with Crippen LogP contribution in [0.4, 0.5) is 0 Å². The summed E-state index contributed by atoms with van der Waals surface area (Å²) in [5.74, 6) is 0.542. The van der Waals surface area contributed by atoms with E-state index < -0.39 is 10.0 Å². The summed E-state index contributed by atoms with van der Waals surface area (Å²) >= 11 is 0. The lowest BCUT2D eigenvalue weighted by Gasteiger charge is -2.29. The van der Waals surface area contributed by atoms with E-state index in [0.29, 0.717) is 17.4 Å². The van der Waals surface area contributed by atoms with E-state index in [1.165, 1.54) is 15.5 Å². The van der Waals surface area contributed by atoms with E-state index in [1.54, 1.807) is 12.1 Å². The van der Waals surface area contributed by atoms with Gasteiger partial charge in [0.2, 0.25) is 0 Å². The first kappa shape index (κ1) is 14.4. The molecule has 1 atom stereocenters. The maximum absolute atomic E-state index is 12.7. The first-order valence-corrected chi connectivity index (χ1v) is 8.92. The Morgan fingerprint density at radius 3 is 2.57 bits per heavy atom. The highest BCUT2D eigenvalue weighted by Gasteiger charge is 2.33. The number of aryl methyl sites for hydroxylation is 1. The smallest absolute Gasteiger partial charge is 0.263 e. The second-order valence-corrected chi connectivity index (χ2v) is 7.74. The Labute approximate surface area is 127 Å². The maximum atomic E-state index is 12.7. The summed E-state index contributed by atoms with van der Waals surface area (Å²) in [4.78, 5) is 0.378. The van der Waals surface area contributed by atoms with Crippen molar-refractivity contribution in [2.75, 3.05) is 6.54 Å². The number of benzene rings is 1. The van der Waals surface area contributed by atoms with Gasteiger partial charge in [-0.1, -0.05) is 23.8 Å². The van der Waals surface area contributed by atoms with Gasteiger partial charge in [0, 0.05) is 12.7 Å². The molecule has 1 aromatic carbocycles. The van der Waals surface area contributed by atoms with Gasteiger partial charge in [0.1, 0.15) is 0 Å². The molecule has 0 aromatic heterocycles. The monoisotopic (exact) mass is 303 g/mol. The summed E-state index contributed by atoms with van der Waals surface area (Å²) in [6, 6.07) is 7.08. The van der Waals surface area contributed by atoms with Crippen LogP contribution < -0.4 is 0 Å². The van der Waals surface area contributed by atoms with Crippen molar-refractivity contribution < 1.29 is 8.42 Å². The fourth-order valence-corrected chi connectivity index (χ4v) is 4.58. The molecule has 0 bridgehead atoms. The van der Waals surface area contributed by atoms with Gasteiger partial charge in [-0.2, -0.15) is 0 Å². The van der Waals surface area contributed by atoms with Crippen molar-refractivity contribution in [3.63, 3.8) is 0 Å². The lowest BCUT2D eigenvalue weighted by molar-refractivity contribution is 0.420. The normalized spacial score (nSPS) is 24.1. The lowest BCUT2D eigenvalue weighted by Crippen LogP contribution is -2.32. The van der Waals surface area contributed by atoms with Crippen LogP contribution in [0.1, 0.15) is 31.7 Å². The summed E-state index contributed by atoms with van der Waals surface area (Å²) in [6.07, 6.45) is 7.14. The molecule has 1 saturated carbocycles. The van der Waals surface area contributed by atoms with Crippen molar-refractivity contribution in [2.45, 2.75) is 38.0 Å². The molecule has 1 aliphatic carbocycles. The second kappa shape index (κ2) is 5.34. The Morgan fingerprint density at radius 1 is 1.19 bits per heavy atom. The molecular weight excluding hydrogens is 282 g/mol. The molecular formula is C17H21NO2S. The summed E-state index contributed by atoms with van der Waals surface area (Å²) in [5.41, 5.74) is 3.60. The van der Waals surface area contributed by atoms with Gasteiger partial charge in [-0.25, -0.2) is 8.42 Å². The Bertz CT molecular complexity index is 699. The van der Waals surface area contributed by atoms with Gasteiger partial charge in [-0.3, -0.25) is 4.31 Å². The quantitative estimate of drug-likeness (QED) is 0.836. The van der Waals surface area contributed by atoms with E-state index in [2.05, 4.69) is 6.08 Å². The fourth-order valence-electron chi connectivity index (χ4n) is 3.23. The highest BCUT2D eigenvalue weighted by Crippen LogP contribution is 2.41. The average molecular weight is 303 g/mol. The third-order valence-electron chi connectivity index (χ3n) is 4.53. The van der Waals surface area contributed by atoms with Crippen LogP contribution in [0.25, 0.3) is 0 Å². The SMILES string of the molecule is C/C=C1/CCC2CCN(S(=O)(=O)c3ccc(C)cc3)C=C12. The first-order valence-electron chi connectivity index (χ1n) is 7.48. The minimum atomic E-state index is -3.42. The summed E-state index contributed by atoms with van der Waals surface area (Å²) in [7, 11) is -3.42. The Morgan fingerprint density at radius 2 is 1.90 bits per heavy atom. The summed E-state index contributed by atoms with van der Waals surface area (Å²) < 4.78 is 27.0. The van der Waals surface area contributed by atoms with E-state index in [9.17, 15) is 8.42 Å². The number of allylic oxidation sites excluding steroid dienone is 3. The molecule has 21 heavy (non-hydrogen) atoms. The highest BCUT2D eigenvalue weighted by atomic mass is 32.2. The molecule has 3 nitrogen and oxygen atoms in total. The van der Waals surface area contributed by atoms with E-state index in [0.717, 1.165) is 24.8 Å². The predicted octanol–water partition coefficient (Wildman–Crippen LogP) is 3.63. The van der Waals surface area contributed by atoms with Gasteiger partial charge in [-0.15, -0.1) is 0 Å². The van der Waals surface area contributed by atoms with E-state index in [4.69, 9.17) is 0 Å². The van der Waals surface area contributed by atoms with Crippen LogP contribution in [-0.4, -0.2) is 19.3 Å².